The van der Waals surface area contributed by atoms with Crippen LogP contribution in [0.5, 0.6) is 0 Å². The lowest BCUT2D eigenvalue weighted by atomic mass is 10.5. The summed E-state index contributed by atoms with van der Waals surface area (Å²) in [6.07, 6.45) is 1.71. The summed E-state index contributed by atoms with van der Waals surface area (Å²) >= 11 is 1.64. The predicted molar refractivity (Wildman–Crippen MR) is 50.1 cm³/mol. The quantitative estimate of drug-likeness (QED) is 0.692. The summed E-state index contributed by atoms with van der Waals surface area (Å²) in [5, 5.41) is 4.72. The Kier molecular flexibility index (Phi) is 1.71. The average Bonchev–Trinajstić information content (AvgIpc) is 2.55. The van der Waals surface area contributed by atoms with Crippen LogP contribution in [-0.4, -0.2) is 5.04 Å². The molecule has 1 unspecified atom stereocenters. The average molecular weight is 182 g/mol. The van der Waals surface area contributed by atoms with Crippen molar-refractivity contribution in [3.63, 3.8) is 0 Å². The van der Waals surface area contributed by atoms with Gasteiger partial charge in [-0.25, -0.2) is 4.99 Å². The van der Waals surface area contributed by atoms with Gasteiger partial charge in [-0.05, 0) is 22.1 Å². The molecule has 1 N–H and O–H groups in total. The molecule has 0 amide bonds. The van der Waals surface area contributed by atoms with Crippen molar-refractivity contribution < 1.29 is 0 Å². The van der Waals surface area contributed by atoms with Gasteiger partial charge in [0.05, 0.1) is 4.88 Å². The largest absolute Gasteiger partial charge is 0.270 e. The van der Waals surface area contributed by atoms with E-state index in [1.54, 1.807) is 17.5 Å². The fourth-order valence-electron chi connectivity index (χ4n) is 0.852. The van der Waals surface area contributed by atoms with Crippen LogP contribution in [0.2, 0.25) is 0 Å². The Morgan fingerprint density at radius 1 is 1.55 bits per heavy atom. The van der Waals surface area contributed by atoms with E-state index in [9.17, 15) is 0 Å². The van der Waals surface area contributed by atoms with Crippen LogP contribution in [-0.2, 0) is 10.7 Å². The minimum absolute atomic E-state index is 0.510. The van der Waals surface area contributed by atoms with Gasteiger partial charge < -0.3 is 0 Å². The molecule has 0 spiro atoms. The van der Waals surface area contributed by atoms with Gasteiger partial charge in [-0.15, -0.1) is 11.3 Å². The third-order valence-corrected chi connectivity index (χ3v) is 3.47. The summed E-state index contributed by atoms with van der Waals surface area (Å²) in [6, 6.07) is 3.99. The molecule has 2 nitrogen and oxygen atoms in total. The van der Waals surface area contributed by atoms with Crippen LogP contribution < -0.4 is 0 Å². The minimum atomic E-state index is -0.510. The normalized spacial score (nSPS) is 22.2. The number of hydrogen-bond acceptors (Lipinski definition) is 3. The lowest BCUT2D eigenvalue weighted by Crippen LogP contribution is -1.98. The van der Waals surface area contributed by atoms with E-state index in [1.165, 1.54) is 0 Å². The molecule has 0 saturated carbocycles. The standard InChI is InChI=1S/C7H6N2S2/c8-11-5-3-9-7(11)6-2-1-4-10-6/h1-5,8H. The number of nitrogens with zero attached hydrogens (tertiary/aromatic N) is 1. The van der Waals surface area contributed by atoms with Crippen LogP contribution in [0.4, 0.5) is 0 Å². The summed E-state index contributed by atoms with van der Waals surface area (Å²) in [7, 11) is -0.510. The van der Waals surface area contributed by atoms with Crippen molar-refractivity contribution in [2.24, 2.45) is 4.99 Å². The molecular formula is C7H6N2S2. The summed E-state index contributed by atoms with van der Waals surface area (Å²) < 4.78 is 7.58. The van der Waals surface area contributed by atoms with Crippen LogP contribution in [0, 0.1) is 4.78 Å². The second-order valence-corrected chi connectivity index (χ2v) is 4.32. The monoisotopic (exact) mass is 182 g/mol. The molecule has 0 fully saturated rings. The lowest BCUT2D eigenvalue weighted by molar-refractivity contribution is 1.62. The highest BCUT2D eigenvalue weighted by atomic mass is 32.2. The number of nitrogens with one attached hydrogen (secondary N) is 1. The van der Waals surface area contributed by atoms with E-state index in [2.05, 4.69) is 4.99 Å². The molecule has 11 heavy (non-hydrogen) atoms. The highest BCUT2D eigenvalue weighted by Crippen LogP contribution is 2.16. The lowest BCUT2D eigenvalue weighted by Gasteiger charge is -1.94. The molecule has 56 valence electrons. The highest BCUT2D eigenvalue weighted by molar-refractivity contribution is 8.05. The molecule has 2 heterocycles. The first-order chi connectivity index (χ1) is 5.38. The van der Waals surface area contributed by atoms with E-state index in [0.29, 0.717) is 0 Å². The molecule has 0 radical (unpaired) electrons. The third-order valence-electron chi connectivity index (χ3n) is 1.33. The Hall–Kier alpha value is -0.740. The van der Waals surface area contributed by atoms with Crippen molar-refractivity contribution in [1.29, 1.82) is 4.78 Å². The van der Waals surface area contributed by atoms with Gasteiger partial charge in [0, 0.05) is 11.6 Å². The Morgan fingerprint density at radius 2 is 2.45 bits per heavy atom. The van der Waals surface area contributed by atoms with Gasteiger partial charge in [0.25, 0.3) is 0 Å². The van der Waals surface area contributed by atoms with Crippen LogP contribution in [0.3, 0.4) is 0 Å². The van der Waals surface area contributed by atoms with E-state index in [1.807, 2.05) is 22.9 Å². The molecule has 4 heteroatoms. The zero-order valence-electron chi connectivity index (χ0n) is 5.65. The molecule has 0 bridgehead atoms. The van der Waals surface area contributed by atoms with Crippen LogP contribution in [0.25, 0.3) is 0 Å². The van der Waals surface area contributed by atoms with Crippen LogP contribution in [0.15, 0.2) is 34.1 Å². The first kappa shape index (κ1) is 6.94. The van der Waals surface area contributed by atoms with E-state index in [4.69, 9.17) is 4.78 Å². The highest BCUT2D eigenvalue weighted by Gasteiger charge is 2.09. The van der Waals surface area contributed by atoms with Crippen molar-refractivity contribution in [2.45, 2.75) is 0 Å². The van der Waals surface area contributed by atoms with Gasteiger partial charge in [-0.2, -0.15) is 0 Å². The molecule has 1 aliphatic rings. The molecular weight excluding hydrogens is 176 g/mol. The number of thiophene rings is 1. The van der Waals surface area contributed by atoms with Crippen LogP contribution in [0.1, 0.15) is 4.88 Å². The maximum absolute atomic E-state index is 7.58. The second-order valence-electron chi connectivity index (χ2n) is 2.03. The van der Waals surface area contributed by atoms with Gasteiger partial charge in [-0.1, -0.05) is 6.07 Å². The third kappa shape index (κ3) is 1.19. The fraction of sp³-hybridized carbons (Fsp3) is 0. The molecule has 1 atom stereocenters. The van der Waals surface area contributed by atoms with Gasteiger partial charge in [-0.3, -0.25) is 4.78 Å². The van der Waals surface area contributed by atoms with Crippen molar-refractivity contribution in [3.05, 3.63) is 34.0 Å². The molecule has 0 saturated heterocycles. The summed E-state index contributed by atoms with van der Waals surface area (Å²) in [6.45, 7) is 0. The van der Waals surface area contributed by atoms with Crippen molar-refractivity contribution in [1.82, 2.24) is 0 Å². The first-order valence-electron chi connectivity index (χ1n) is 3.10. The smallest absolute Gasteiger partial charge is 0.128 e. The van der Waals surface area contributed by atoms with Gasteiger partial charge in [0.2, 0.25) is 0 Å². The zero-order chi connectivity index (χ0) is 7.68. The van der Waals surface area contributed by atoms with Crippen molar-refractivity contribution >= 4 is 27.1 Å². The van der Waals surface area contributed by atoms with Crippen LogP contribution >= 0.6 is 11.3 Å². The maximum Gasteiger partial charge on any atom is 0.128 e. The van der Waals surface area contributed by atoms with E-state index in [0.717, 1.165) is 9.92 Å². The number of hydrogen-bond donors (Lipinski definition) is 1. The molecule has 0 aromatic carbocycles. The SMILES string of the molecule is N=S1C=CN=C1c1cccs1. The summed E-state index contributed by atoms with van der Waals surface area (Å²) in [5.74, 6) is 0. The van der Waals surface area contributed by atoms with Gasteiger partial charge in [0.15, 0.2) is 0 Å². The second kappa shape index (κ2) is 2.71. The van der Waals surface area contributed by atoms with E-state index in [-0.39, 0.29) is 0 Å². The molecule has 1 aliphatic heterocycles. The number of rotatable bonds is 1. The van der Waals surface area contributed by atoms with Crippen molar-refractivity contribution in [2.75, 3.05) is 0 Å². The molecule has 1 aromatic rings. The Labute approximate surface area is 71.2 Å². The summed E-state index contributed by atoms with van der Waals surface area (Å²) in [4.78, 5) is 5.25. The Balaban J connectivity index is 2.40. The Morgan fingerprint density at radius 3 is 3.00 bits per heavy atom. The fourth-order valence-corrected chi connectivity index (χ4v) is 2.65. The summed E-state index contributed by atoms with van der Waals surface area (Å²) in [5.41, 5.74) is 0. The number of aliphatic imine (C=N–C) groups is 1. The minimum Gasteiger partial charge on any atom is -0.270 e. The Bertz CT molecular complexity index is 335. The maximum atomic E-state index is 7.58. The molecule has 2 rings (SSSR count). The first-order valence-corrected chi connectivity index (χ1v) is 5.27. The zero-order valence-corrected chi connectivity index (χ0v) is 7.28. The molecule has 0 aliphatic carbocycles. The van der Waals surface area contributed by atoms with Gasteiger partial charge in [0.1, 0.15) is 5.04 Å². The van der Waals surface area contributed by atoms with E-state index < -0.39 is 10.7 Å². The van der Waals surface area contributed by atoms with E-state index >= 15 is 0 Å². The van der Waals surface area contributed by atoms with Gasteiger partial charge >= 0.3 is 0 Å². The topological polar surface area (TPSA) is 36.2 Å². The predicted octanol–water partition coefficient (Wildman–Crippen LogP) is 2.36. The molecule has 1 aromatic heterocycles. The van der Waals surface area contributed by atoms with Crippen molar-refractivity contribution in [3.8, 4) is 0 Å².